The normalized spacial score (nSPS) is 12.1. The van der Waals surface area contributed by atoms with E-state index in [-0.39, 0.29) is 6.61 Å². The molecule has 4 heteroatoms. The summed E-state index contributed by atoms with van der Waals surface area (Å²) in [5.74, 6) is -0.451. The minimum atomic E-state index is -0.613. The van der Waals surface area contributed by atoms with Crippen molar-refractivity contribution >= 4 is 17.6 Å². The molecule has 3 nitrogen and oxygen atoms in total. The first-order valence-corrected chi connectivity index (χ1v) is 5.07. The molecule has 1 aromatic carbocycles. The summed E-state index contributed by atoms with van der Waals surface area (Å²) in [4.78, 5) is 11.0. The lowest BCUT2D eigenvalue weighted by atomic mass is 10.2. The predicted octanol–water partition coefficient (Wildman–Crippen LogP) is 2.33. The van der Waals surface area contributed by atoms with E-state index >= 15 is 0 Å². The maximum absolute atomic E-state index is 11.0. The van der Waals surface area contributed by atoms with Crippen molar-refractivity contribution in [1.82, 2.24) is 0 Å². The van der Waals surface area contributed by atoms with E-state index in [9.17, 15) is 4.79 Å². The molecule has 0 heterocycles. The largest absolute Gasteiger partial charge is 0.445 e. The molecule has 0 fully saturated rings. The van der Waals surface area contributed by atoms with Gasteiger partial charge in [-0.1, -0.05) is 41.9 Å². The molecule has 0 spiro atoms. The van der Waals surface area contributed by atoms with Gasteiger partial charge in [-0.05, 0) is 12.5 Å². The van der Waals surface area contributed by atoms with Gasteiger partial charge in [0.25, 0.3) is 0 Å². The Bertz CT molecular complexity index is 298. The summed E-state index contributed by atoms with van der Waals surface area (Å²) in [5, 5.41) is 0. The van der Waals surface area contributed by atoms with E-state index in [1.807, 2.05) is 30.3 Å². The minimum absolute atomic E-state index is 0.0774. The van der Waals surface area contributed by atoms with Crippen LogP contribution in [0.15, 0.2) is 30.3 Å². The summed E-state index contributed by atoms with van der Waals surface area (Å²) < 4.78 is 9.84. The standard InChI is InChI=1S/C11H13ClO3/c1-9(12)15-11(13)8-14-7-10-5-3-2-4-6-10/h2-6,9H,7-8H2,1H3. The van der Waals surface area contributed by atoms with Gasteiger partial charge in [-0.25, -0.2) is 4.79 Å². The van der Waals surface area contributed by atoms with E-state index in [1.165, 1.54) is 0 Å². The van der Waals surface area contributed by atoms with Crippen LogP contribution in [0, 0.1) is 0 Å². The second-order valence-electron chi connectivity index (χ2n) is 3.01. The molecule has 0 aliphatic heterocycles. The predicted molar refractivity (Wildman–Crippen MR) is 57.5 cm³/mol. The summed E-state index contributed by atoms with van der Waals surface area (Å²) >= 11 is 5.47. The van der Waals surface area contributed by atoms with Crippen LogP contribution in [-0.2, 0) is 20.9 Å². The summed E-state index contributed by atoms with van der Waals surface area (Å²) in [6, 6.07) is 9.60. The van der Waals surface area contributed by atoms with Crippen molar-refractivity contribution in [3.8, 4) is 0 Å². The first kappa shape index (κ1) is 12.0. The SMILES string of the molecule is CC(Cl)OC(=O)COCc1ccccc1. The number of carbonyl (C=O) groups excluding carboxylic acids is 1. The Morgan fingerprint density at radius 2 is 2.07 bits per heavy atom. The lowest BCUT2D eigenvalue weighted by Crippen LogP contribution is -2.15. The van der Waals surface area contributed by atoms with E-state index in [0.29, 0.717) is 6.61 Å². The van der Waals surface area contributed by atoms with E-state index in [2.05, 4.69) is 4.74 Å². The molecule has 82 valence electrons. The Hall–Kier alpha value is -1.06. The summed E-state index contributed by atoms with van der Waals surface area (Å²) in [5.41, 5.74) is 0.405. The zero-order valence-corrected chi connectivity index (χ0v) is 9.24. The monoisotopic (exact) mass is 228 g/mol. The Morgan fingerprint density at radius 3 is 2.67 bits per heavy atom. The van der Waals surface area contributed by atoms with Crippen LogP contribution in [0.5, 0.6) is 0 Å². The highest BCUT2D eigenvalue weighted by atomic mass is 35.5. The molecule has 15 heavy (non-hydrogen) atoms. The molecular weight excluding hydrogens is 216 g/mol. The van der Waals surface area contributed by atoms with Gasteiger partial charge in [0.2, 0.25) is 0 Å². The topological polar surface area (TPSA) is 35.5 Å². The van der Waals surface area contributed by atoms with Crippen LogP contribution in [0.3, 0.4) is 0 Å². The maximum atomic E-state index is 11.0. The highest BCUT2D eigenvalue weighted by Gasteiger charge is 2.06. The zero-order chi connectivity index (χ0) is 11.1. The van der Waals surface area contributed by atoms with E-state index < -0.39 is 11.5 Å². The molecule has 1 rings (SSSR count). The fourth-order valence-electron chi connectivity index (χ4n) is 1.04. The molecule has 0 radical (unpaired) electrons. The number of hydrogen-bond donors (Lipinski definition) is 0. The number of esters is 1. The van der Waals surface area contributed by atoms with Crippen LogP contribution in [0.4, 0.5) is 0 Å². The van der Waals surface area contributed by atoms with Crippen LogP contribution in [0.2, 0.25) is 0 Å². The molecule has 0 saturated carbocycles. The molecular formula is C11H13ClO3. The van der Waals surface area contributed by atoms with Crippen molar-refractivity contribution < 1.29 is 14.3 Å². The third kappa shape index (κ3) is 5.40. The minimum Gasteiger partial charge on any atom is -0.445 e. The molecule has 0 aliphatic rings. The van der Waals surface area contributed by atoms with Gasteiger partial charge < -0.3 is 9.47 Å². The Kier molecular flexibility index (Phi) is 5.15. The number of rotatable bonds is 5. The maximum Gasteiger partial charge on any atom is 0.333 e. The number of carbonyl (C=O) groups is 1. The Morgan fingerprint density at radius 1 is 1.40 bits per heavy atom. The lowest BCUT2D eigenvalue weighted by molar-refractivity contribution is -0.150. The molecule has 1 atom stereocenters. The first-order chi connectivity index (χ1) is 7.18. The van der Waals surface area contributed by atoms with Crippen molar-refractivity contribution in [2.45, 2.75) is 19.1 Å². The Labute approximate surface area is 93.9 Å². The summed E-state index contributed by atoms with van der Waals surface area (Å²) in [6.45, 7) is 1.90. The second-order valence-corrected chi connectivity index (χ2v) is 3.63. The van der Waals surface area contributed by atoms with E-state index in [0.717, 1.165) is 5.56 Å². The van der Waals surface area contributed by atoms with Gasteiger partial charge in [0.15, 0.2) is 5.56 Å². The fourth-order valence-corrected chi connectivity index (χ4v) is 1.14. The van der Waals surface area contributed by atoms with E-state index in [4.69, 9.17) is 16.3 Å². The van der Waals surface area contributed by atoms with E-state index in [1.54, 1.807) is 6.92 Å². The number of ether oxygens (including phenoxy) is 2. The van der Waals surface area contributed by atoms with Gasteiger partial charge >= 0.3 is 5.97 Å². The van der Waals surface area contributed by atoms with Crippen molar-refractivity contribution in [3.63, 3.8) is 0 Å². The Balaban J connectivity index is 2.19. The second kappa shape index (κ2) is 6.43. The molecule has 0 amide bonds. The number of alkyl halides is 1. The van der Waals surface area contributed by atoms with Gasteiger partial charge in [0.05, 0.1) is 6.61 Å². The van der Waals surface area contributed by atoms with Gasteiger partial charge in [-0.15, -0.1) is 0 Å². The zero-order valence-electron chi connectivity index (χ0n) is 8.48. The molecule has 0 N–H and O–H groups in total. The van der Waals surface area contributed by atoms with Crippen molar-refractivity contribution in [1.29, 1.82) is 0 Å². The average Bonchev–Trinajstić information content (AvgIpc) is 2.18. The molecule has 1 unspecified atom stereocenters. The quantitative estimate of drug-likeness (QED) is 0.573. The van der Waals surface area contributed by atoms with Gasteiger partial charge in [-0.2, -0.15) is 0 Å². The number of benzene rings is 1. The van der Waals surface area contributed by atoms with Gasteiger partial charge in [-0.3, -0.25) is 0 Å². The van der Waals surface area contributed by atoms with Crippen LogP contribution < -0.4 is 0 Å². The van der Waals surface area contributed by atoms with Crippen molar-refractivity contribution in [2.24, 2.45) is 0 Å². The van der Waals surface area contributed by atoms with Gasteiger partial charge in [0.1, 0.15) is 6.61 Å². The average molecular weight is 229 g/mol. The molecule has 1 aromatic rings. The first-order valence-electron chi connectivity index (χ1n) is 4.63. The van der Waals surface area contributed by atoms with Crippen LogP contribution in [0.1, 0.15) is 12.5 Å². The third-order valence-electron chi connectivity index (χ3n) is 1.63. The molecule has 0 saturated heterocycles. The third-order valence-corrected chi connectivity index (χ3v) is 1.71. The lowest BCUT2D eigenvalue weighted by Gasteiger charge is -2.06. The number of halogens is 1. The molecule has 0 aliphatic carbocycles. The highest BCUT2D eigenvalue weighted by molar-refractivity contribution is 6.19. The highest BCUT2D eigenvalue weighted by Crippen LogP contribution is 2.01. The summed E-state index contributed by atoms with van der Waals surface area (Å²) in [7, 11) is 0. The fraction of sp³-hybridized carbons (Fsp3) is 0.364. The smallest absolute Gasteiger partial charge is 0.333 e. The van der Waals surface area contributed by atoms with Crippen molar-refractivity contribution in [2.75, 3.05) is 6.61 Å². The number of hydrogen-bond acceptors (Lipinski definition) is 3. The van der Waals surface area contributed by atoms with Crippen molar-refractivity contribution in [3.05, 3.63) is 35.9 Å². The van der Waals surface area contributed by atoms with Crippen LogP contribution >= 0.6 is 11.6 Å². The molecule has 0 aromatic heterocycles. The summed E-state index contributed by atoms with van der Waals surface area (Å²) in [6.07, 6.45) is 0. The van der Waals surface area contributed by atoms with Crippen LogP contribution in [-0.4, -0.2) is 18.1 Å². The van der Waals surface area contributed by atoms with Crippen LogP contribution in [0.25, 0.3) is 0 Å². The molecule has 0 bridgehead atoms. The van der Waals surface area contributed by atoms with Gasteiger partial charge in [0, 0.05) is 0 Å².